The average molecular weight is 428 g/mol. The summed E-state index contributed by atoms with van der Waals surface area (Å²) in [5.74, 6) is 1.32. The monoisotopic (exact) mass is 427 g/mol. The van der Waals surface area contributed by atoms with Crippen LogP contribution in [0.2, 0.25) is 0 Å². The van der Waals surface area contributed by atoms with Crippen LogP contribution in [-0.2, 0) is 16.7 Å². The molecule has 158 valence electrons. The second-order valence-corrected chi connectivity index (χ2v) is 8.19. The summed E-state index contributed by atoms with van der Waals surface area (Å²) in [6, 6.07) is 19.3. The Balaban J connectivity index is 1.76. The van der Waals surface area contributed by atoms with Crippen LogP contribution >= 0.6 is 0 Å². The number of hydrogen-bond acceptors (Lipinski definition) is 6. The molecule has 0 saturated heterocycles. The molecule has 0 fully saturated rings. The van der Waals surface area contributed by atoms with Crippen LogP contribution in [0.5, 0.6) is 17.2 Å². The maximum absolute atomic E-state index is 12.6. The van der Waals surface area contributed by atoms with Crippen molar-refractivity contribution in [3.63, 3.8) is 0 Å². The normalized spacial score (nSPS) is 11.0. The number of ether oxygens (including phenoxy) is 2. The molecule has 7 heteroatoms. The molecular weight excluding hydrogens is 402 g/mol. The lowest BCUT2D eigenvalue weighted by Crippen LogP contribution is -2.11. The van der Waals surface area contributed by atoms with Crippen molar-refractivity contribution in [1.82, 2.24) is 0 Å². The molecule has 6 nitrogen and oxygen atoms in total. The molecule has 0 aliphatic rings. The van der Waals surface area contributed by atoms with Gasteiger partial charge in [-0.3, -0.25) is 0 Å². The molecule has 0 aliphatic carbocycles. The third-order valence-electron chi connectivity index (χ3n) is 4.40. The SMILES string of the molecule is CCOc1cc(CNc2ccc(OC)cc2)ccc1OS(=O)(=O)c1ccc(C)cc1. The third-order valence-corrected chi connectivity index (χ3v) is 5.65. The molecule has 3 aromatic rings. The summed E-state index contributed by atoms with van der Waals surface area (Å²) in [4.78, 5) is 0.0980. The Hall–Kier alpha value is -3.19. The van der Waals surface area contributed by atoms with E-state index in [0.29, 0.717) is 18.9 Å². The van der Waals surface area contributed by atoms with Gasteiger partial charge in [-0.1, -0.05) is 23.8 Å². The van der Waals surface area contributed by atoms with Crippen molar-refractivity contribution in [3.8, 4) is 17.2 Å². The van der Waals surface area contributed by atoms with Crippen molar-refractivity contribution in [2.75, 3.05) is 19.0 Å². The van der Waals surface area contributed by atoms with Crippen molar-refractivity contribution in [2.45, 2.75) is 25.3 Å². The molecule has 0 bridgehead atoms. The summed E-state index contributed by atoms with van der Waals surface area (Å²) < 4.78 is 41.4. The number of aryl methyl sites for hydroxylation is 1. The molecule has 30 heavy (non-hydrogen) atoms. The summed E-state index contributed by atoms with van der Waals surface area (Å²) in [6.45, 7) is 4.65. The quantitative estimate of drug-likeness (QED) is 0.495. The van der Waals surface area contributed by atoms with Crippen LogP contribution in [0.15, 0.2) is 71.6 Å². The first kappa shape index (κ1) is 21.5. The maximum Gasteiger partial charge on any atom is 0.339 e. The van der Waals surface area contributed by atoms with E-state index in [-0.39, 0.29) is 10.6 Å². The van der Waals surface area contributed by atoms with Crippen LogP contribution in [0.1, 0.15) is 18.1 Å². The lowest BCUT2D eigenvalue weighted by molar-refractivity contribution is 0.327. The first-order valence-electron chi connectivity index (χ1n) is 9.56. The van der Waals surface area contributed by atoms with Crippen LogP contribution in [0.4, 0.5) is 5.69 Å². The number of anilines is 1. The summed E-state index contributed by atoms with van der Waals surface area (Å²) >= 11 is 0. The molecule has 1 N–H and O–H groups in total. The van der Waals surface area contributed by atoms with Crippen LogP contribution < -0.4 is 19.0 Å². The minimum atomic E-state index is -3.95. The van der Waals surface area contributed by atoms with Crippen molar-refractivity contribution in [1.29, 1.82) is 0 Å². The second-order valence-electron chi connectivity index (χ2n) is 6.65. The van der Waals surface area contributed by atoms with Crippen LogP contribution in [0.25, 0.3) is 0 Å². The molecule has 3 aromatic carbocycles. The Bertz CT molecular complexity index is 1080. The maximum atomic E-state index is 12.6. The number of nitrogens with one attached hydrogen (secondary N) is 1. The summed E-state index contributed by atoms with van der Waals surface area (Å²) in [7, 11) is -2.33. The van der Waals surface area contributed by atoms with E-state index in [4.69, 9.17) is 13.7 Å². The van der Waals surface area contributed by atoms with Gasteiger partial charge in [-0.05, 0) is 67.9 Å². The molecule has 0 atom stereocenters. The van der Waals surface area contributed by atoms with E-state index < -0.39 is 10.1 Å². The van der Waals surface area contributed by atoms with Gasteiger partial charge in [-0.2, -0.15) is 8.42 Å². The summed E-state index contributed by atoms with van der Waals surface area (Å²) in [5, 5.41) is 3.31. The third kappa shape index (κ3) is 5.45. The topological polar surface area (TPSA) is 73.9 Å². The average Bonchev–Trinajstić information content (AvgIpc) is 2.74. The predicted octanol–water partition coefficient (Wildman–Crippen LogP) is 4.78. The molecule has 0 spiro atoms. The minimum Gasteiger partial charge on any atom is -0.497 e. The van der Waals surface area contributed by atoms with Gasteiger partial charge in [-0.25, -0.2) is 0 Å². The Morgan fingerprint density at radius 1 is 0.900 bits per heavy atom. The highest BCUT2D eigenvalue weighted by Gasteiger charge is 2.19. The molecule has 0 heterocycles. The fourth-order valence-electron chi connectivity index (χ4n) is 2.78. The van der Waals surface area contributed by atoms with Gasteiger partial charge in [0.05, 0.1) is 13.7 Å². The number of benzene rings is 3. The number of hydrogen-bond donors (Lipinski definition) is 1. The first-order valence-corrected chi connectivity index (χ1v) is 11.0. The van der Waals surface area contributed by atoms with Crippen molar-refractivity contribution in [3.05, 3.63) is 77.9 Å². The highest BCUT2D eigenvalue weighted by molar-refractivity contribution is 7.87. The Morgan fingerprint density at radius 3 is 2.23 bits per heavy atom. The molecule has 0 aliphatic heterocycles. The van der Waals surface area contributed by atoms with E-state index in [1.807, 2.05) is 38.1 Å². The van der Waals surface area contributed by atoms with Gasteiger partial charge in [0.25, 0.3) is 0 Å². The molecule has 0 radical (unpaired) electrons. The summed E-state index contributed by atoms with van der Waals surface area (Å²) in [6.07, 6.45) is 0. The Kier molecular flexibility index (Phi) is 6.84. The van der Waals surface area contributed by atoms with E-state index in [0.717, 1.165) is 22.6 Å². The van der Waals surface area contributed by atoms with Gasteiger partial charge in [-0.15, -0.1) is 0 Å². The van der Waals surface area contributed by atoms with Crippen molar-refractivity contribution in [2.24, 2.45) is 0 Å². The van der Waals surface area contributed by atoms with E-state index in [9.17, 15) is 8.42 Å². The van der Waals surface area contributed by atoms with Crippen molar-refractivity contribution >= 4 is 15.8 Å². The fourth-order valence-corrected chi connectivity index (χ4v) is 3.72. The smallest absolute Gasteiger partial charge is 0.339 e. The standard InChI is InChI=1S/C23H25NO5S/c1-4-28-23-15-18(16-24-19-8-10-20(27-3)11-9-19)7-14-22(23)29-30(25,26)21-12-5-17(2)6-13-21/h5-15,24H,4,16H2,1-3H3. The zero-order valence-corrected chi connectivity index (χ0v) is 18.0. The van der Waals surface area contributed by atoms with E-state index in [2.05, 4.69) is 5.32 Å². The number of rotatable bonds is 9. The van der Waals surface area contributed by atoms with E-state index in [1.165, 1.54) is 12.1 Å². The van der Waals surface area contributed by atoms with Crippen LogP contribution in [-0.4, -0.2) is 22.1 Å². The highest BCUT2D eigenvalue weighted by Crippen LogP contribution is 2.31. The molecule has 0 aromatic heterocycles. The van der Waals surface area contributed by atoms with Crippen LogP contribution in [0, 0.1) is 6.92 Å². The van der Waals surface area contributed by atoms with E-state index in [1.54, 1.807) is 37.4 Å². The van der Waals surface area contributed by atoms with Gasteiger partial charge >= 0.3 is 10.1 Å². The fraction of sp³-hybridized carbons (Fsp3) is 0.217. The van der Waals surface area contributed by atoms with Gasteiger partial charge in [0.2, 0.25) is 0 Å². The van der Waals surface area contributed by atoms with Gasteiger partial charge in [0, 0.05) is 12.2 Å². The van der Waals surface area contributed by atoms with Gasteiger partial charge < -0.3 is 19.0 Å². The minimum absolute atomic E-state index is 0.0980. The molecule has 0 saturated carbocycles. The van der Waals surface area contributed by atoms with Crippen LogP contribution in [0.3, 0.4) is 0 Å². The largest absolute Gasteiger partial charge is 0.497 e. The number of methoxy groups -OCH3 is 1. The molecular formula is C23H25NO5S. The lowest BCUT2D eigenvalue weighted by Gasteiger charge is -2.14. The Labute approximate surface area is 177 Å². The Morgan fingerprint density at radius 2 is 1.60 bits per heavy atom. The summed E-state index contributed by atoms with van der Waals surface area (Å²) in [5.41, 5.74) is 2.84. The van der Waals surface area contributed by atoms with Gasteiger partial charge in [0.1, 0.15) is 10.6 Å². The second kappa shape index (κ2) is 9.54. The lowest BCUT2D eigenvalue weighted by atomic mass is 10.2. The molecule has 3 rings (SSSR count). The predicted molar refractivity (Wildman–Crippen MR) is 117 cm³/mol. The zero-order chi connectivity index (χ0) is 21.6. The highest BCUT2D eigenvalue weighted by atomic mass is 32.2. The van der Waals surface area contributed by atoms with Gasteiger partial charge in [0.15, 0.2) is 11.5 Å². The zero-order valence-electron chi connectivity index (χ0n) is 17.2. The van der Waals surface area contributed by atoms with Crippen molar-refractivity contribution < 1.29 is 22.1 Å². The first-order chi connectivity index (χ1) is 14.4. The molecule has 0 amide bonds. The van der Waals surface area contributed by atoms with E-state index >= 15 is 0 Å². The molecule has 0 unspecified atom stereocenters.